The van der Waals surface area contributed by atoms with Crippen LogP contribution in [0.4, 0.5) is 5.69 Å². The summed E-state index contributed by atoms with van der Waals surface area (Å²) >= 11 is 1.41. The highest BCUT2D eigenvalue weighted by Crippen LogP contribution is 2.22. The van der Waals surface area contributed by atoms with E-state index in [1.54, 1.807) is 0 Å². The average Bonchev–Trinajstić information content (AvgIpc) is 2.94. The molecule has 0 atom stereocenters. The van der Waals surface area contributed by atoms with Crippen molar-refractivity contribution in [2.45, 2.75) is 33.2 Å². The lowest BCUT2D eigenvalue weighted by Gasteiger charge is -2.30. The number of nitrogens with one attached hydrogen (secondary N) is 1. The second-order valence-corrected chi connectivity index (χ2v) is 7.96. The zero-order valence-corrected chi connectivity index (χ0v) is 15.9. The van der Waals surface area contributed by atoms with Gasteiger partial charge in [0.15, 0.2) is 0 Å². The van der Waals surface area contributed by atoms with Crippen molar-refractivity contribution in [3.05, 3.63) is 45.4 Å². The van der Waals surface area contributed by atoms with E-state index in [1.807, 2.05) is 32.0 Å². The van der Waals surface area contributed by atoms with Crippen LogP contribution in [-0.4, -0.2) is 34.8 Å². The number of piperidine rings is 1. The van der Waals surface area contributed by atoms with Gasteiger partial charge in [-0.25, -0.2) is 4.98 Å². The van der Waals surface area contributed by atoms with Gasteiger partial charge in [0.1, 0.15) is 4.88 Å². The van der Waals surface area contributed by atoms with Crippen molar-refractivity contribution in [2.75, 3.05) is 18.4 Å². The molecule has 2 heterocycles. The minimum Gasteiger partial charge on any atom is -0.369 e. The zero-order chi connectivity index (χ0) is 18.7. The quantitative estimate of drug-likeness (QED) is 0.845. The first-order valence-electron chi connectivity index (χ1n) is 8.78. The highest BCUT2D eigenvalue weighted by Gasteiger charge is 2.23. The van der Waals surface area contributed by atoms with Crippen molar-refractivity contribution in [1.29, 1.82) is 0 Å². The van der Waals surface area contributed by atoms with Crippen molar-refractivity contribution >= 4 is 28.8 Å². The molecule has 0 saturated carbocycles. The summed E-state index contributed by atoms with van der Waals surface area (Å²) in [5.41, 5.74) is 8.07. The summed E-state index contributed by atoms with van der Waals surface area (Å²) in [5, 5.41) is 3.85. The summed E-state index contributed by atoms with van der Waals surface area (Å²) in [4.78, 5) is 31.0. The normalized spacial score (nSPS) is 15.8. The molecule has 1 aromatic carbocycles. The van der Waals surface area contributed by atoms with Gasteiger partial charge in [-0.15, -0.1) is 11.3 Å². The number of aryl methyl sites for hydroxylation is 2. The third-order valence-corrected chi connectivity index (χ3v) is 5.76. The Hall–Kier alpha value is -2.25. The number of nitrogens with two attached hydrogens (primary N) is 1. The molecule has 0 bridgehead atoms. The molecule has 0 spiro atoms. The lowest BCUT2D eigenvalue weighted by Crippen LogP contribution is -2.38. The van der Waals surface area contributed by atoms with Crippen LogP contribution in [0.5, 0.6) is 0 Å². The summed E-state index contributed by atoms with van der Waals surface area (Å²) in [6.45, 7) is 6.28. The highest BCUT2D eigenvalue weighted by atomic mass is 32.1. The molecule has 26 heavy (non-hydrogen) atoms. The SMILES string of the molecule is Cc1nc(C)c(C(=O)Nc2cccc(CN3CCC(C(N)=O)CC3)c2)s1. The molecule has 1 aliphatic rings. The molecule has 2 aromatic rings. The van der Waals surface area contributed by atoms with Crippen LogP contribution in [0.25, 0.3) is 0 Å². The van der Waals surface area contributed by atoms with Crippen molar-refractivity contribution in [2.24, 2.45) is 11.7 Å². The number of carbonyl (C=O) groups excluding carboxylic acids is 2. The van der Waals surface area contributed by atoms with Gasteiger partial charge in [-0.05, 0) is 57.5 Å². The Labute approximate surface area is 157 Å². The molecule has 1 aromatic heterocycles. The van der Waals surface area contributed by atoms with Crippen LogP contribution in [0.2, 0.25) is 0 Å². The second-order valence-electron chi connectivity index (χ2n) is 6.75. The number of benzene rings is 1. The molecule has 6 nitrogen and oxygen atoms in total. The molecule has 2 amide bonds. The predicted octanol–water partition coefficient (Wildman–Crippen LogP) is 2.71. The van der Waals surface area contributed by atoms with Crippen LogP contribution in [0, 0.1) is 19.8 Å². The van der Waals surface area contributed by atoms with Crippen LogP contribution in [0.1, 0.15) is 38.8 Å². The molecule has 0 unspecified atom stereocenters. The first-order chi connectivity index (χ1) is 12.4. The second kappa shape index (κ2) is 7.97. The number of thiazole rings is 1. The highest BCUT2D eigenvalue weighted by molar-refractivity contribution is 7.13. The van der Waals surface area contributed by atoms with Gasteiger partial charge in [-0.3, -0.25) is 14.5 Å². The van der Waals surface area contributed by atoms with Gasteiger partial charge in [0.2, 0.25) is 5.91 Å². The van der Waals surface area contributed by atoms with Crippen molar-refractivity contribution < 1.29 is 9.59 Å². The Morgan fingerprint density at radius 2 is 2.04 bits per heavy atom. The Balaban J connectivity index is 1.61. The zero-order valence-electron chi connectivity index (χ0n) is 15.1. The first-order valence-corrected chi connectivity index (χ1v) is 9.60. The number of nitrogens with zero attached hydrogens (tertiary/aromatic N) is 2. The fourth-order valence-electron chi connectivity index (χ4n) is 3.31. The van der Waals surface area contributed by atoms with E-state index in [-0.39, 0.29) is 17.7 Å². The maximum atomic E-state index is 12.5. The molecule has 0 aliphatic carbocycles. The van der Waals surface area contributed by atoms with Gasteiger partial charge < -0.3 is 11.1 Å². The smallest absolute Gasteiger partial charge is 0.267 e. The van der Waals surface area contributed by atoms with E-state index in [9.17, 15) is 9.59 Å². The van der Waals surface area contributed by atoms with Gasteiger partial charge in [-0.1, -0.05) is 12.1 Å². The monoisotopic (exact) mass is 372 g/mol. The molecule has 0 radical (unpaired) electrons. The fraction of sp³-hybridized carbons (Fsp3) is 0.421. The Morgan fingerprint density at radius 3 is 2.65 bits per heavy atom. The molecule has 1 saturated heterocycles. The molecule has 1 fully saturated rings. The summed E-state index contributed by atoms with van der Waals surface area (Å²) in [5.74, 6) is -0.307. The van der Waals surface area contributed by atoms with Gasteiger partial charge in [0, 0.05) is 18.2 Å². The molecule has 3 rings (SSSR count). The summed E-state index contributed by atoms with van der Waals surface area (Å²) in [6.07, 6.45) is 1.63. The Bertz CT molecular complexity index is 810. The molecular formula is C19H24N4O2S. The van der Waals surface area contributed by atoms with Crippen LogP contribution in [0.3, 0.4) is 0 Å². The minimum absolute atomic E-state index is 0.00275. The molecular weight excluding hydrogens is 348 g/mol. The lowest BCUT2D eigenvalue weighted by atomic mass is 9.96. The molecule has 1 aliphatic heterocycles. The molecule has 3 N–H and O–H groups in total. The fourth-order valence-corrected chi connectivity index (χ4v) is 4.13. The van der Waals surface area contributed by atoms with Gasteiger partial charge >= 0.3 is 0 Å². The molecule has 7 heteroatoms. The summed E-state index contributed by atoms with van der Waals surface area (Å²) in [7, 11) is 0. The van der Waals surface area contributed by atoms with Crippen LogP contribution >= 0.6 is 11.3 Å². The number of amides is 2. The number of primary amides is 1. The van der Waals surface area contributed by atoms with Crippen LogP contribution in [0.15, 0.2) is 24.3 Å². The summed E-state index contributed by atoms with van der Waals surface area (Å²) in [6, 6.07) is 7.90. The largest absolute Gasteiger partial charge is 0.369 e. The Kier molecular flexibility index (Phi) is 5.68. The van der Waals surface area contributed by atoms with Crippen LogP contribution < -0.4 is 11.1 Å². The van der Waals surface area contributed by atoms with Gasteiger partial charge in [-0.2, -0.15) is 0 Å². The van der Waals surface area contributed by atoms with E-state index in [4.69, 9.17) is 5.73 Å². The van der Waals surface area contributed by atoms with Gasteiger partial charge in [0.25, 0.3) is 5.91 Å². The number of carbonyl (C=O) groups is 2. The summed E-state index contributed by atoms with van der Waals surface area (Å²) < 4.78 is 0. The van der Waals surface area contributed by atoms with Crippen molar-refractivity contribution in [3.8, 4) is 0 Å². The third kappa shape index (κ3) is 4.47. The van der Waals surface area contributed by atoms with E-state index >= 15 is 0 Å². The lowest BCUT2D eigenvalue weighted by molar-refractivity contribution is -0.123. The van der Waals surface area contributed by atoms with E-state index in [1.165, 1.54) is 11.3 Å². The maximum Gasteiger partial charge on any atom is 0.267 e. The predicted molar refractivity (Wildman–Crippen MR) is 103 cm³/mol. The number of rotatable bonds is 5. The number of likely N-dealkylation sites (tertiary alicyclic amines) is 1. The van der Waals surface area contributed by atoms with E-state index < -0.39 is 0 Å². The van der Waals surface area contributed by atoms with E-state index in [0.29, 0.717) is 4.88 Å². The van der Waals surface area contributed by atoms with Gasteiger partial charge in [0.05, 0.1) is 10.7 Å². The minimum atomic E-state index is -0.192. The Morgan fingerprint density at radius 1 is 1.31 bits per heavy atom. The maximum absolute atomic E-state index is 12.5. The van der Waals surface area contributed by atoms with E-state index in [2.05, 4.69) is 21.3 Å². The number of anilines is 1. The average molecular weight is 372 g/mol. The number of aromatic nitrogens is 1. The van der Waals surface area contributed by atoms with E-state index in [0.717, 1.165) is 54.4 Å². The van der Waals surface area contributed by atoms with Crippen molar-refractivity contribution in [3.63, 3.8) is 0 Å². The number of hydrogen-bond acceptors (Lipinski definition) is 5. The van der Waals surface area contributed by atoms with Crippen molar-refractivity contribution in [1.82, 2.24) is 9.88 Å². The number of hydrogen-bond donors (Lipinski definition) is 2. The molecule has 138 valence electrons. The van der Waals surface area contributed by atoms with Crippen LogP contribution in [-0.2, 0) is 11.3 Å². The topological polar surface area (TPSA) is 88.3 Å². The first kappa shape index (κ1) is 18.5. The standard InChI is InChI=1S/C19H24N4O2S/c1-12-17(26-13(2)21-12)19(25)22-16-5-3-4-14(10-16)11-23-8-6-15(7-9-23)18(20)24/h3-5,10,15H,6-9,11H2,1-2H3,(H2,20,24)(H,22,25). The third-order valence-electron chi connectivity index (χ3n) is 4.69.